The molecule has 0 saturated heterocycles. The van der Waals surface area contributed by atoms with E-state index in [2.05, 4.69) is 0 Å². The number of carbonyl (C=O) groups is 2. The van der Waals surface area contributed by atoms with Gasteiger partial charge in [0.05, 0.1) is 11.1 Å². The number of hydrogen-bond donors (Lipinski definition) is 4. The van der Waals surface area contributed by atoms with E-state index in [1.807, 2.05) is 0 Å². The van der Waals surface area contributed by atoms with E-state index >= 15 is 0 Å². The molecule has 1 aromatic rings. The number of aliphatic hydroxyl groups excluding tert-OH is 2. The summed E-state index contributed by atoms with van der Waals surface area (Å²) in [6.45, 7) is 0.566. The summed E-state index contributed by atoms with van der Waals surface area (Å²) in [5.74, 6) is -2.46. The molecule has 0 aliphatic carbocycles. The summed E-state index contributed by atoms with van der Waals surface area (Å²) in [4.78, 5) is 20.9. The van der Waals surface area contributed by atoms with Crippen molar-refractivity contribution >= 4 is 11.9 Å². The average molecular weight is 284 g/mol. The maximum atomic E-state index is 10.5. The highest BCUT2D eigenvalue weighted by Gasteiger charge is 2.13. The third-order valence-electron chi connectivity index (χ3n) is 2.45. The van der Waals surface area contributed by atoms with E-state index in [1.54, 1.807) is 0 Å². The van der Waals surface area contributed by atoms with Crippen molar-refractivity contribution in [3.63, 3.8) is 0 Å². The van der Waals surface area contributed by atoms with Crippen LogP contribution in [-0.2, 0) is 0 Å². The molecule has 1 rings (SSSR count). The van der Waals surface area contributed by atoms with Gasteiger partial charge in [-0.05, 0) is 25.0 Å². The van der Waals surface area contributed by atoms with Crippen LogP contribution < -0.4 is 0 Å². The minimum Gasteiger partial charge on any atom is -0.478 e. The second-order valence-electron chi connectivity index (χ2n) is 4.02. The molecule has 0 aromatic heterocycles. The second-order valence-corrected chi connectivity index (χ2v) is 4.02. The van der Waals surface area contributed by atoms with E-state index in [1.165, 1.54) is 24.3 Å². The first-order valence-corrected chi connectivity index (χ1v) is 6.32. The number of hydrogen-bond acceptors (Lipinski definition) is 4. The summed E-state index contributed by atoms with van der Waals surface area (Å²) in [5.41, 5.74) is -0.380. The number of unbranched alkanes of at least 4 members (excludes halogenated alkanes) is 3. The SMILES string of the molecule is O=C(O)c1ccccc1C(=O)O.OCCCCCCO. The first-order chi connectivity index (χ1) is 9.54. The highest BCUT2D eigenvalue weighted by atomic mass is 16.4. The lowest BCUT2D eigenvalue weighted by Crippen LogP contribution is -2.06. The molecular weight excluding hydrogens is 264 g/mol. The topological polar surface area (TPSA) is 115 Å². The van der Waals surface area contributed by atoms with Gasteiger partial charge in [0, 0.05) is 13.2 Å². The average Bonchev–Trinajstić information content (AvgIpc) is 2.44. The smallest absolute Gasteiger partial charge is 0.336 e. The van der Waals surface area contributed by atoms with E-state index in [4.69, 9.17) is 20.4 Å². The standard InChI is InChI=1S/C8H6O4.C6H14O2/c9-7(10)5-3-1-2-4-6(5)8(11)12;7-5-3-1-2-4-6-8/h1-4H,(H,9,10)(H,11,12);7-8H,1-6H2. The summed E-state index contributed by atoms with van der Waals surface area (Å²) in [5, 5.41) is 33.7. The quantitative estimate of drug-likeness (QED) is 0.565. The van der Waals surface area contributed by atoms with Gasteiger partial charge in [0.25, 0.3) is 0 Å². The zero-order chi connectivity index (χ0) is 15.4. The Kier molecular flexibility index (Phi) is 9.90. The van der Waals surface area contributed by atoms with Crippen molar-refractivity contribution in [2.45, 2.75) is 25.7 Å². The molecule has 1 aromatic carbocycles. The lowest BCUT2D eigenvalue weighted by Gasteiger charge is -1.98. The zero-order valence-electron chi connectivity index (χ0n) is 11.2. The van der Waals surface area contributed by atoms with Crippen molar-refractivity contribution in [2.75, 3.05) is 13.2 Å². The Balaban J connectivity index is 0.000000396. The molecule has 0 aliphatic rings. The molecule has 0 amide bonds. The summed E-state index contributed by atoms with van der Waals surface area (Å²) in [7, 11) is 0. The Morgan fingerprint density at radius 3 is 1.35 bits per heavy atom. The number of aromatic carboxylic acids is 2. The van der Waals surface area contributed by atoms with E-state index in [9.17, 15) is 9.59 Å². The van der Waals surface area contributed by atoms with E-state index in [-0.39, 0.29) is 24.3 Å². The number of carboxylic acids is 2. The molecule has 0 bridgehead atoms. The Bertz CT molecular complexity index is 377. The van der Waals surface area contributed by atoms with Crippen LogP contribution >= 0.6 is 0 Å². The molecule has 6 heteroatoms. The number of aliphatic hydroxyl groups is 2. The Morgan fingerprint density at radius 2 is 1.10 bits per heavy atom. The van der Waals surface area contributed by atoms with Crippen LogP contribution in [-0.4, -0.2) is 45.6 Å². The first-order valence-electron chi connectivity index (χ1n) is 6.32. The third kappa shape index (κ3) is 7.50. The summed E-state index contributed by atoms with van der Waals surface area (Å²) in [6.07, 6.45) is 3.83. The Morgan fingerprint density at radius 1 is 0.750 bits per heavy atom. The van der Waals surface area contributed by atoms with Gasteiger partial charge in [-0.2, -0.15) is 0 Å². The number of rotatable bonds is 7. The van der Waals surface area contributed by atoms with Crippen LogP contribution in [0.25, 0.3) is 0 Å². The zero-order valence-corrected chi connectivity index (χ0v) is 11.2. The maximum Gasteiger partial charge on any atom is 0.336 e. The highest BCUT2D eigenvalue weighted by Crippen LogP contribution is 2.07. The lowest BCUT2D eigenvalue weighted by molar-refractivity contribution is 0.0651. The number of carboxylic acid groups (broad SMARTS) is 2. The fourth-order valence-corrected chi connectivity index (χ4v) is 1.43. The minimum atomic E-state index is -1.23. The minimum absolute atomic E-state index is 0.190. The predicted molar refractivity (Wildman–Crippen MR) is 73.0 cm³/mol. The predicted octanol–water partition coefficient (Wildman–Crippen LogP) is 1.61. The second kappa shape index (κ2) is 11.0. The van der Waals surface area contributed by atoms with Crippen molar-refractivity contribution in [1.29, 1.82) is 0 Å². The van der Waals surface area contributed by atoms with Gasteiger partial charge in [-0.15, -0.1) is 0 Å². The molecule has 4 N–H and O–H groups in total. The van der Waals surface area contributed by atoms with Gasteiger partial charge in [0.1, 0.15) is 0 Å². The number of benzene rings is 1. The van der Waals surface area contributed by atoms with Crippen LogP contribution in [0.2, 0.25) is 0 Å². The lowest BCUT2D eigenvalue weighted by atomic mass is 10.1. The molecule has 0 atom stereocenters. The fourth-order valence-electron chi connectivity index (χ4n) is 1.43. The van der Waals surface area contributed by atoms with Crippen molar-refractivity contribution in [3.05, 3.63) is 35.4 Å². The van der Waals surface area contributed by atoms with Crippen LogP contribution in [0, 0.1) is 0 Å². The normalized spacial score (nSPS) is 9.50. The van der Waals surface area contributed by atoms with Gasteiger partial charge in [-0.1, -0.05) is 25.0 Å². The summed E-state index contributed by atoms with van der Waals surface area (Å²) < 4.78 is 0. The molecule has 0 saturated carbocycles. The highest BCUT2D eigenvalue weighted by molar-refractivity contribution is 6.01. The van der Waals surface area contributed by atoms with Crippen molar-refractivity contribution in [3.8, 4) is 0 Å². The monoisotopic (exact) mass is 284 g/mol. The molecule has 0 spiro atoms. The molecule has 0 unspecified atom stereocenters. The van der Waals surface area contributed by atoms with Gasteiger partial charge >= 0.3 is 11.9 Å². The largest absolute Gasteiger partial charge is 0.478 e. The van der Waals surface area contributed by atoms with Gasteiger partial charge in [0.15, 0.2) is 0 Å². The Hall–Kier alpha value is -1.92. The van der Waals surface area contributed by atoms with E-state index in [0.29, 0.717) is 0 Å². The van der Waals surface area contributed by atoms with E-state index in [0.717, 1.165) is 25.7 Å². The van der Waals surface area contributed by atoms with Gasteiger partial charge in [0.2, 0.25) is 0 Å². The van der Waals surface area contributed by atoms with Crippen LogP contribution in [0.4, 0.5) is 0 Å². The molecule has 0 aliphatic heterocycles. The van der Waals surface area contributed by atoms with Crippen LogP contribution in [0.15, 0.2) is 24.3 Å². The third-order valence-corrected chi connectivity index (χ3v) is 2.45. The Labute approximate surface area is 117 Å². The van der Waals surface area contributed by atoms with Crippen molar-refractivity contribution in [2.24, 2.45) is 0 Å². The van der Waals surface area contributed by atoms with Crippen molar-refractivity contribution in [1.82, 2.24) is 0 Å². The van der Waals surface area contributed by atoms with Crippen LogP contribution in [0.5, 0.6) is 0 Å². The van der Waals surface area contributed by atoms with Gasteiger partial charge in [-0.25, -0.2) is 9.59 Å². The fraction of sp³-hybridized carbons (Fsp3) is 0.429. The molecule has 112 valence electrons. The van der Waals surface area contributed by atoms with E-state index < -0.39 is 11.9 Å². The van der Waals surface area contributed by atoms with Gasteiger partial charge in [-0.3, -0.25) is 0 Å². The van der Waals surface area contributed by atoms with Crippen LogP contribution in [0.3, 0.4) is 0 Å². The molecular formula is C14H20O6. The summed E-state index contributed by atoms with van der Waals surface area (Å²) >= 11 is 0. The van der Waals surface area contributed by atoms with Gasteiger partial charge < -0.3 is 20.4 Å². The molecule has 6 nitrogen and oxygen atoms in total. The maximum absolute atomic E-state index is 10.5. The van der Waals surface area contributed by atoms with Crippen LogP contribution in [0.1, 0.15) is 46.4 Å². The molecule has 20 heavy (non-hydrogen) atoms. The first kappa shape index (κ1) is 18.1. The molecule has 0 fully saturated rings. The molecule has 0 radical (unpaired) electrons. The summed E-state index contributed by atoms with van der Waals surface area (Å²) in [6, 6.07) is 5.48. The molecule has 0 heterocycles. The van der Waals surface area contributed by atoms with Crippen molar-refractivity contribution < 1.29 is 30.0 Å².